The highest BCUT2D eigenvalue weighted by molar-refractivity contribution is 7.90. The van der Waals surface area contributed by atoms with Gasteiger partial charge in [-0.15, -0.1) is 0 Å². The Morgan fingerprint density at radius 2 is 1.95 bits per heavy atom. The van der Waals surface area contributed by atoms with Crippen molar-refractivity contribution in [3.05, 3.63) is 58.4 Å². The molecule has 0 heterocycles. The van der Waals surface area contributed by atoms with E-state index >= 15 is 0 Å². The van der Waals surface area contributed by atoms with E-state index in [1.54, 1.807) is 6.07 Å². The summed E-state index contributed by atoms with van der Waals surface area (Å²) >= 11 is 5.79. The highest BCUT2D eigenvalue weighted by Gasteiger charge is 2.19. The third-order valence-electron chi connectivity index (χ3n) is 2.86. The number of nitriles is 1. The van der Waals surface area contributed by atoms with Crippen LogP contribution in [0.4, 0.5) is 10.1 Å². The first-order valence-corrected chi connectivity index (χ1v) is 7.83. The Morgan fingerprint density at radius 3 is 2.52 bits per heavy atom. The molecule has 0 unspecified atom stereocenters. The van der Waals surface area contributed by atoms with Gasteiger partial charge in [0.05, 0.1) is 33.0 Å². The van der Waals surface area contributed by atoms with E-state index in [9.17, 15) is 12.8 Å². The fourth-order valence-corrected chi connectivity index (χ4v) is 3.35. The fourth-order valence-electron chi connectivity index (χ4n) is 1.72. The second-order valence-electron chi connectivity index (χ2n) is 4.36. The highest BCUT2D eigenvalue weighted by atomic mass is 35.5. The van der Waals surface area contributed by atoms with E-state index in [2.05, 4.69) is 0 Å². The number of nitrogens with zero attached hydrogens (tertiary/aromatic N) is 1. The molecule has 0 amide bonds. The SMILES string of the molecule is N#Cc1ccc(CS(=O)(=O)c2ccc(N)c(Cl)c2)c(F)c1. The number of anilines is 1. The molecule has 0 aliphatic heterocycles. The van der Waals surface area contributed by atoms with Crippen molar-refractivity contribution in [2.75, 3.05) is 5.73 Å². The lowest BCUT2D eigenvalue weighted by atomic mass is 10.1. The summed E-state index contributed by atoms with van der Waals surface area (Å²) in [6, 6.07) is 9.36. The molecule has 0 spiro atoms. The van der Waals surface area contributed by atoms with Gasteiger partial charge in [0.15, 0.2) is 9.84 Å². The van der Waals surface area contributed by atoms with Crippen molar-refractivity contribution in [2.24, 2.45) is 0 Å². The second kappa shape index (κ2) is 5.72. The first-order valence-electron chi connectivity index (χ1n) is 5.80. The smallest absolute Gasteiger partial charge is 0.182 e. The molecule has 0 aliphatic rings. The molecule has 0 aromatic heterocycles. The Kier molecular flexibility index (Phi) is 4.16. The Bertz CT molecular complexity index is 845. The molecule has 0 fully saturated rings. The Morgan fingerprint density at radius 1 is 1.24 bits per heavy atom. The molecule has 2 aromatic carbocycles. The van der Waals surface area contributed by atoms with E-state index in [0.29, 0.717) is 0 Å². The van der Waals surface area contributed by atoms with Crippen LogP contribution in [0, 0.1) is 17.1 Å². The third-order valence-corrected chi connectivity index (χ3v) is 4.85. The number of hydrogen-bond donors (Lipinski definition) is 1. The zero-order valence-electron chi connectivity index (χ0n) is 10.7. The maximum atomic E-state index is 13.8. The molecule has 2 aromatic rings. The van der Waals surface area contributed by atoms with Gasteiger partial charge in [-0.25, -0.2) is 12.8 Å². The number of rotatable bonds is 3. The number of sulfone groups is 1. The molecule has 0 radical (unpaired) electrons. The first kappa shape index (κ1) is 15.3. The van der Waals surface area contributed by atoms with Crippen molar-refractivity contribution < 1.29 is 12.8 Å². The van der Waals surface area contributed by atoms with Gasteiger partial charge in [-0.3, -0.25) is 0 Å². The van der Waals surface area contributed by atoms with E-state index in [-0.39, 0.29) is 26.7 Å². The van der Waals surface area contributed by atoms with Gasteiger partial charge in [0.25, 0.3) is 0 Å². The minimum absolute atomic E-state index is 0.0121. The Hall–Kier alpha value is -2.10. The summed E-state index contributed by atoms with van der Waals surface area (Å²) in [6.07, 6.45) is 0. The van der Waals surface area contributed by atoms with Crippen molar-refractivity contribution >= 4 is 27.1 Å². The number of halogens is 2. The van der Waals surface area contributed by atoms with Crippen LogP contribution in [0.25, 0.3) is 0 Å². The lowest BCUT2D eigenvalue weighted by Gasteiger charge is -2.07. The first-order chi connectivity index (χ1) is 9.83. The predicted octanol–water partition coefficient (Wildman–Crippen LogP) is 2.91. The maximum Gasteiger partial charge on any atom is 0.182 e. The van der Waals surface area contributed by atoms with Gasteiger partial charge >= 0.3 is 0 Å². The van der Waals surface area contributed by atoms with Crippen LogP contribution in [0.1, 0.15) is 11.1 Å². The van der Waals surface area contributed by atoms with E-state index < -0.39 is 21.4 Å². The van der Waals surface area contributed by atoms with Crippen LogP contribution in [0.2, 0.25) is 5.02 Å². The molecular weight excluding hydrogens is 315 g/mol. The Balaban J connectivity index is 2.37. The third kappa shape index (κ3) is 3.32. The van der Waals surface area contributed by atoms with E-state index in [4.69, 9.17) is 22.6 Å². The van der Waals surface area contributed by atoms with Crippen LogP contribution >= 0.6 is 11.6 Å². The maximum absolute atomic E-state index is 13.8. The molecule has 21 heavy (non-hydrogen) atoms. The summed E-state index contributed by atoms with van der Waals surface area (Å²) in [6.45, 7) is 0. The molecule has 0 saturated heterocycles. The minimum atomic E-state index is -3.76. The molecule has 2 rings (SSSR count). The molecular formula is C14H10ClFN2O2S. The standard InChI is InChI=1S/C14H10ClFN2O2S/c15-12-6-11(3-4-14(12)18)21(19,20)8-10-2-1-9(7-17)5-13(10)16/h1-6H,8,18H2. The number of benzene rings is 2. The van der Waals surface area contributed by atoms with Crippen molar-refractivity contribution in [1.82, 2.24) is 0 Å². The van der Waals surface area contributed by atoms with Crippen molar-refractivity contribution in [3.8, 4) is 6.07 Å². The lowest BCUT2D eigenvalue weighted by molar-refractivity contribution is 0.587. The van der Waals surface area contributed by atoms with Crippen molar-refractivity contribution in [1.29, 1.82) is 5.26 Å². The average Bonchev–Trinajstić information content (AvgIpc) is 2.43. The molecule has 0 saturated carbocycles. The van der Waals surface area contributed by atoms with Crippen LogP contribution in [0.3, 0.4) is 0 Å². The number of nitrogens with two attached hydrogens (primary N) is 1. The van der Waals surface area contributed by atoms with Crippen molar-refractivity contribution in [3.63, 3.8) is 0 Å². The highest BCUT2D eigenvalue weighted by Crippen LogP contribution is 2.25. The molecule has 0 aliphatic carbocycles. The number of nitrogen functional groups attached to an aromatic ring is 1. The van der Waals surface area contributed by atoms with Gasteiger partial charge in [-0.2, -0.15) is 5.26 Å². The minimum Gasteiger partial charge on any atom is -0.398 e. The molecule has 0 atom stereocenters. The van der Waals surface area contributed by atoms with Crippen LogP contribution in [0.15, 0.2) is 41.3 Å². The molecule has 0 bridgehead atoms. The van der Waals surface area contributed by atoms with Gasteiger partial charge in [-0.1, -0.05) is 17.7 Å². The molecule has 4 nitrogen and oxygen atoms in total. The van der Waals surface area contributed by atoms with Crippen LogP contribution in [-0.4, -0.2) is 8.42 Å². The largest absolute Gasteiger partial charge is 0.398 e. The van der Waals surface area contributed by atoms with Gasteiger partial charge in [0.1, 0.15) is 5.82 Å². The van der Waals surface area contributed by atoms with Gasteiger partial charge in [0, 0.05) is 5.56 Å². The normalized spacial score (nSPS) is 11.1. The second-order valence-corrected chi connectivity index (χ2v) is 6.76. The van der Waals surface area contributed by atoms with Gasteiger partial charge < -0.3 is 5.73 Å². The predicted molar refractivity (Wildman–Crippen MR) is 77.9 cm³/mol. The van der Waals surface area contributed by atoms with Crippen molar-refractivity contribution in [2.45, 2.75) is 10.6 Å². The quantitative estimate of drug-likeness (QED) is 0.880. The summed E-state index contributed by atoms with van der Waals surface area (Å²) in [7, 11) is -3.76. The monoisotopic (exact) mass is 324 g/mol. The van der Waals surface area contributed by atoms with Crippen LogP contribution in [-0.2, 0) is 15.6 Å². The van der Waals surface area contributed by atoms with E-state index in [1.807, 2.05) is 0 Å². The summed E-state index contributed by atoms with van der Waals surface area (Å²) in [5.74, 6) is -1.26. The van der Waals surface area contributed by atoms with E-state index in [1.165, 1.54) is 30.3 Å². The summed E-state index contributed by atoms with van der Waals surface area (Å²) in [5.41, 5.74) is 5.90. The summed E-state index contributed by atoms with van der Waals surface area (Å²) < 4.78 is 38.2. The number of hydrogen-bond acceptors (Lipinski definition) is 4. The topological polar surface area (TPSA) is 84.0 Å². The molecule has 2 N–H and O–H groups in total. The van der Waals surface area contributed by atoms with Crippen LogP contribution in [0.5, 0.6) is 0 Å². The zero-order valence-corrected chi connectivity index (χ0v) is 12.2. The molecule has 7 heteroatoms. The van der Waals surface area contributed by atoms with E-state index in [0.717, 1.165) is 6.07 Å². The van der Waals surface area contributed by atoms with Gasteiger partial charge in [0.2, 0.25) is 0 Å². The zero-order chi connectivity index (χ0) is 15.6. The summed E-state index contributed by atoms with van der Waals surface area (Å²) in [4.78, 5) is -0.0366. The molecule has 108 valence electrons. The fraction of sp³-hybridized carbons (Fsp3) is 0.0714. The average molecular weight is 325 g/mol. The van der Waals surface area contributed by atoms with Gasteiger partial charge in [-0.05, 0) is 30.3 Å². The lowest BCUT2D eigenvalue weighted by Crippen LogP contribution is -2.07. The van der Waals surface area contributed by atoms with Crippen LogP contribution < -0.4 is 5.73 Å². The summed E-state index contributed by atoms with van der Waals surface area (Å²) in [5, 5.41) is 8.78. The Labute approximate surface area is 126 Å².